The molecule has 1 aromatic carbocycles. The van der Waals surface area contributed by atoms with E-state index < -0.39 is 0 Å². The first-order chi connectivity index (χ1) is 15.6. The summed E-state index contributed by atoms with van der Waals surface area (Å²) in [7, 11) is 3.86. The molecule has 3 aromatic heterocycles. The number of pyridine rings is 1. The van der Waals surface area contributed by atoms with Gasteiger partial charge in [-0.15, -0.1) is 0 Å². The number of ether oxygens (including phenoxy) is 2. The molecule has 1 aliphatic rings. The predicted octanol–water partition coefficient (Wildman–Crippen LogP) is 4.27. The zero-order valence-corrected chi connectivity index (χ0v) is 18.5. The number of benzene rings is 1. The summed E-state index contributed by atoms with van der Waals surface area (Å²) in [6.07, 6.45) is 8.86. The standard InChI is InChI=1S/C24H26N6O2/c1-16-20(8-6-17-5-4-11-25-22(16)17)31-13-18-7-9-21(32-18)30-12-10-19-23(28-15-29(2)3)26-14-27-24(19)30/h4-6,8,10-12,14-15,18,21H,7,9,13H2,1-3H3/t18-,21+/m0/s1. The smallest absolute Gasteiger partial charge is 0.166 e. The molecule has 0 spiro atoms. The fourth-order valence-electron chi connectivity index (χ4n) is 4.09. The minimum Gasteiger partial charge on any atom is -0.491 e. The summed E-state index contributed by atoms with van der Waals surface area (Å²) in [5, 5.41) is 2.03. The molecule has 8 nitrogen and oxygen atoms in total. The van der Waals surface area contributed by atoms with Gasteiger partial charge in [0.2, 0.25) is 0 Å². The molecule has 0 aliphatic carbocycles. The highest BCUT2D eigenvalue weighted by Crippen LogP contribution is 2.34. The molecule has 1 aliphatic heterocycles. The van der Waals surface area contributed by atoms with E-state index in [0.29, 0.717) is 12.4 Å². The van der Waals surface area contributed by atoms with Crippen molar-refractivity contribution in [2.75, 3.05) is 20.7 Å². The van der Waals surface area contributed by atoms with Crippen LogP contribution in [-0.2, 0) is 4.74 Å². The first kappa shape index (κ1) is 20.4. The fraction of sp³-hybridized carbons (Fsp3) is 0.333. The third kappa shape index (κ3) is 3.89. The van der Waals surface area contributed by atoms with E-state index in [-0.39, 0.29) is 12.3 Å². The Morgan fingerprint density at radius 2 is 2.09 bits per heavy atom. The Morgan fingerprint density at radius 3 is 2.97 bits per heavy atom. The maximum atomic E-state index is 6.32. The topological polar surface area (TPSA) is 77.7 Å². The molecule has 1 saturated heterocycles. The van der Waals surface area contributed by atoms with Gasteiger partial charge in [0, 0.05) is 37.4 Å². The highest BCUT2D eigenvalue weighted by atomic mass is 16.6. The maximum absolute atomic E-state index is 6.32. The van der Waals surface area contributed by atoms with E-state index in [1.54, 1.807) is 12.7 Å². The summed E-state index contributed by atoms with van der Waals surface area (Å²) in [6, 6.07) is 10.1. The third-order valence-electron chi connectivity index (χ3n) is 5.70. The Morgan fingerprint density at radius 1 is 1.19 bits per heavy atom. The summed E-state index contributed by atoms with van der Waals surface area (Å²) < 4.78 is 14.5. The van der Waals surface area contributed by atoms with Crippen molar-refractivity contribution in [3.63, 3.8) is 0 Å². The van der Waals surface area contributed by atoms with Gasteiger partial charge in [-0.1, -0.05) is 6.07 Å². The van der Waals surface area contributed by atoms with Crippen molar-refractivity contribution in [2.24, 2.45) is 4.99 Å². The molecule has 0 radical (unpaired) electrons. The van der Waals surface area contributed by atoms with Crippen LogP contribution in [0.5, 0.6) is 5.75 Å². The van der Waals surface area contributed by atoms with Crippen LogP contribution in [-0.4, -0.2) is 57.6 Å². The first-order valence-electron chi connectivity index (χ1n) is 10.7. The number of aromatic nitrogens is 4. The maximum Gasteiger partial charge on any atom is 0.166 e. The molecule has 0 amide bonds. The van der Waals surface area contributed by atoms with Crippen molar-refractivity contribution < 1.29 is 9.47 Å². The summed E-state index contributed by atoms with van der Waals surface area (Å²) in [6.45, 7) is 2.55. The van der Waals surface area contributed by atoms with Crippen molar-refractivity contribution in [3.8, 4) is 5.75 Å². The second-order valence-electron chi connectivity index (χ2n) is 8.23. The van der Waals surface area contributed by atoms with Crippen molar-refractivity contribution in [2.45, 2.75) is 32.1 Å². The van der Waals surface area contributed by atoms with Crippen molar-refractivity contribution in [1.82, 2.24) is 24.4 Å². The normalized spacial score (nSPS) is 18.7. The number of fused-ring (bicyclic) bond motifs is 2. The average molecular weight is 431 g/mol. The minimum absolute atomic E-state index is 0.0179. The van der Waals surface area contributed by atoms with Crippen LogP contribution in [0, 0.1) is 6.92 Å². The molecule has 0 saturated carbocycles. The van der Waals surface area contributed by atoms with Crippen molar-refractivity contribution >= 4 is 34.1 Å². The zero-order valence-electron chi connectivity index (χ0n) is 18.5. The number of rotatable bonds is 6. The molecule has 0 bridgehead atoms. The van der Waals surface area contributed by atoms with Crippen LogP contribution >= 0.6 is 0 Å². The second kappa shape index (κ2) is 8.55. The number of hydrogen-bond donors (Lipinski definition) is 0. The fourth-order valence-corrected chi connectivity index (χ4v) is 4.09. The largest absolute Gasteiger partial charge is 0.491 e. The Balaban J connectivity index is 1.29. The van der Waals surface area contributed by atoms with Gasteiger partial charge < -0.3 is 18.9 Å². The molecule has 4 heterocycles. The van der Waals surface area contributed by atoms with Crippen molar-refractivity contribution in [1.29, 1.82) is 0 Å². The van der Waals surface area contributed by atoms with Gasteiger partial charge in [0.15, 0.2) is 5.82 Å². The highest BCUT2D eigenvalue weighted by Gasteiger charge is 2.28. The lowest BCUT2D eigenvalue weighted by Crippen LogP contribution is -2.18. The van der Waals surface area contributed by atoms with Crippen LogP contribution in [0.4, 0.5) is 5.82 Å². The van der Waals surface area contributed by atoms with E-state index in [0.717, 1.165) is 46.1 Å². The van der Waals surface area contributed by atoms with Gasteiger partial charge in [-0.3, -0.25) is 4.98 Å². The van der Waals surface area contributed by atoms with Crippen LogP contribution in [0.3, 0.4) is 0 Å². The Labute approximate surface area is 186 Å². The molecule has 32 heavy (non-hydrogen) atoms. The summed E-state index contributed by atoms with van der Waals surface area (Å²) in [4.78, 5) is 19.6. The number of aliphatic imine (C=N–C) groups is 1. The molecule has 5 rings (SSSR count). The van der Waals surface area contributed by atoms with Gasteiger partial charge in [0.1, 0.15) is 30.6 Å². The van der Waals surface area contributed by atoms with Crippen LogP contribution in [0.1, 0.15) is 24.6 Å². The Hall–Kier alpha value is -3.52. The average Bonchev–Trinajstić information content (AvgIpc) is 3.44. The molecule has 0 unspecified atom stereocenters. The number of nitrogens with zero attached hydrogens (tertiary/aromatic N) is 6. The van der Waals surface area contributed by atoms with Crippen LogP contribution in [0.15, 0.2) is 54.0 Å². The zero-order chi connectivity index (χ0) is 22.1. The lowest BCUT2D eigenvalue weighted by atomic mass is 10.1. The summed E-state index contributed by atoms with van der Waals surface area (Å²) in [5.41, 5.74) is 2.85. The molecule has 1 fully saturated rings. The Bertz CT molecular complexity index is 1280. The van der Waals surface area contributed by atoms with Crippen LogP contribution in [0.25, 0.3) is 21.9 Å². The van der Waals surface area contributed by atoms with Crippen LogP contribution in [0.2, 0.25) is 0 Å². The Kier molecular flexibility index (Phi) is 5.45. The highest BCUT2D eigenvalue weighted by molar-refractivity contribution is 5.87. The van der Waals surface area contributed by atoms with Gasteiger partial charge in [0.25, 0.3) is 0 Å². The summed E-state index contributed by atoms with van der Waals surface area (Å²) >= 11 is 0. The van der Waals surface area contributed by atoms with E-state index in [2.05, 4.69) is 30.6 Å². The molecule has 4 aromatic rings. The molecular weight excluding hydrogens is 404 g/mol. The van der Waals surface area contributed by atoms with Gasteiger partial charge in [-0.05, 0) is 44.0 Å². The van der Waals surface area contributed by atoms with Gasteiger partial charge in [0.05, 0.1) is 23.3 Å². The number of aryl methyl sites for hydroxylation is 1. The molecular formula is C24H26N6O2. The second-order valence-corrected chi connectivity index (χ2v) is 8.23. The first-order valence-corrected chi connectivity index (χ1v) is 10.7. The minimum atomic E-state index is -0.0824. The monoisotopic (exact) mass is 430 g/mol. The quantitative estimate of drug-likeness (QED) is 0.336. The lowest BCUT2D eigenvalue weighted by Gasteiger charge is -2.17. The summed E-state index contributed by atoms with van der Waals surface area (Å²) in [5.74, 6) is 1.51. The van der Waals surface area contributed by atoms with E-state index in [1.165, 1.54) is 0 Å². The third-order valence-corrected chi connectivity index (χ3v) is 5.70. The van der Waals surface area contributed by atoms with Gasteiger partial charge >= 0.3 is 0 Å². The van der Waals surface area contributed by atoms with E-state index >= 15 is 0 Å². The van der Waals surface area contributed by atoms with Crippen LogP contribution < -0.4 is 4.74 Å². The molecule has 8 heteroatoms. The number of hydrogen-bond acceptors (Lipinski definition) is 6. The van der Waals surface area contributed by atoms with Gasteiger partial charge in [-0.2, -0.15) is 0 Å². The molecule has 2 atom stereocenters. The van der Waals surface area contributed by atoms with E-state index in [4.69, 9.17) is 9.47 Å². The molecule has 164 valence electrons. The van der Waals surface area contributed by atoms with E-state index in [9.17, 15) is 0 Å². The lowest BCUT2D eigenvalue weighted by molar-refractivity contribution is -0.0156. The van der Waals surface area contributed by atoms with Crippen molar-refractivity contribution in [3.05, 3.63) is 54.6 Å². The molecule has 0 N–H and O–H groups in total. The van der Waals surface area contributed by atoms with Gasteiger partial charge in [-0.25, -0.2) is 15.0 Å². The SMILES string of the molecule is Cc1c(OC[C@@H]2CC[C@H](n3ccc4c(N=CN(C)C)ncnc43)O2)ccc2cccnc12. The predicted molar refractivity (Wildman–Crippen MR) is 124 cm³/mol. The van der Waals surface area contributed by atoms with E-state index in [1.807, 2.05) is 62.6 Å².